The van der Waals surface area contributed by atoms with E-state index in [4.69, 9.17) is 0 Å². The lowest BCUT2D eigenvalue weighted by molar-refractivity contribution is -0.116. The van der Waals surface area contributed by atoms with Crippen molar-refractivity contribution < 1.29 is 4.79 Å². The van der Waals surface area contributed by atoms with E-state index in [0.29, 0.717) is 11.8 Å². The van der Waals surface area contributed by atoms with Crippen molar-refractivity contribution >= 4 is 21.7 Å². The Kier molecular flexibility index (Phi) is 4.68. The standard InChI is InChI=1S/C6H7BrO/c1-6(8)4-2-3-5-7/h4-5H2,1H3. The monoisotopic (exact) mass is 174 g/mol. The number of carbonyl (C=O) groups excluding carboxylic acids is 1. The first kappa shape index (κ1) is 7.71. The van der Waals surface area contributed by atoms with Crippen molar-refractivity contribution in [3.05, 3.63) is 0 Å². The third-order valence-corrected chi connectivity index (χ3v) is 0.810. The van der Waals surface area contributed by atoms with Crippen LogP contribution in [0.2, 0.25) is 0 Å². The van der Waals surface area contributed by atoms with Gasteiger partial charge < -0.3 is 0 Å². The molecule has 0 N–H and O–H groups in total. The van der Waals surface area contributed by atoms with Crippen molar-refractivity contribution in [2.75, 3.05) is 5.33 Å². The third-order valence-electron chi connectivity index (χ3n) is 0.529. The molecule has 0 rings (SSSR count). The Balaban J connectivity index is 3.29. The largest absolute Gasteiger partial charge is 0.299 e. The molecule has 0 unspecified atom stereocenters. The van der Waals surface area contributed by atoms with E-state index in [0.717, 1.165) is 0 Å². The lowest BCUT2D eigenvalue weighted by Gasteiger charge is -1.75. The minimum atomic E-state index is 0.124. The molecular weight excluding hydrogens is 168 g/mol. The first-order valence-electron chi connectivity index (χ1n) is 2.28. The van der Waals surface area contributed by atoms with Crippen LogP contribution in [0.25, 0.3) is 0 Å². The SMILES string of the molecule is CC(=O)CC#CCBr. The Morgan fingerprint density at radius 2 is 2.25 bits per heavy atom. The van der Waals surface area contributed by atoms with Crippen LogP contribution < -0.4 is 0 Å². The maximum absolute atomic E-state index is 10.2. The lowest BCUT2D eigenvalue weighted by Crippen LogP contribution is -1.84. The van der Waals surface area contributed by atoms with Gasteiger partial charge in [0, 0.05) is 0 Å². The molecule has 0 aliphatic carbocycles. The molecule has 44 valence electrons. The highest BCUT2D eigenvalue weighted by Gasteiger charge is 1.82. The molecule has 0 aromatic rings. The molecule has 0 amide bonds. The summed E-state index contributed by atoms with van der Waals surface area (Å²) in [5, 5.41) is 0.653. The number of rotatable bonds is 1. The minimum Gasteiger partial charge on any atom is -0.299 e. The molecule has 0 bridgehead atoms. The van der Waals surface area contributed by atoms with E-state index < -0.39 is 0 Å². The van der Waals surface area contributed by atoms with Gasteiger partial charge in [-0.3, -0.25) is 4.79 Å². The number of ketones is 1. The number of hydrogen-bond acceptors (Lipinski definition) is 1. The predicted octanol–water partition coefficient (Wildman–Crippen LogP) is 1.36. The van der Waals surface area contributed by atoms with Crippen molar-refractivity contribution in [2.24, 2.45) is 0 Å². The third kappa shape index (κ3) is 5.71. The number of hydrogen-bond donors (Lipinski definition) is 0. The normalized spacial score (nSPS) is 7.25. The van der Waals surface area contributed by atoms with Crippen LogP contribution >= 0.6 is 15.9 Å². The first-order valence-corrected chi connectivity index (χ1v) is 3.40. The predicted molar refractivity (Wildman–Crippen MR) is 36.9 cm³/mol. The second kappa shape index (κ2) is 4.86. The van der Waals surface area contributed by atoms with Gasteiger partial charge in [-0.2, -0.15) is 0 Å². The molecule has 1 nitrogen and oxygen atoms in total. The summed E-state index contributed by atoms with van der Waals surface area (Å²) in [6.45, 7) is 1.53. The van der Waals surface area contributed by atoms with E-state index in [1.165, 1.54) is 6.92 Å². The van der Waals surface area contributed by atoms with Crippen molar-refractivity contribution in [2.45, 2.75) is 13.3 Å². The zero-order valence-corrected chi connectivity index (χ0v) is 6.29. The summed E-state index contributed by atoms with van der Waals surface area (Å²) in [6.07, 6.45) is 0.381. The molecule has 0 aromatic carbocycles. The summed E-state index contributed by atoms with van der Waals surface area (Å²) in [6, 6.07) is 0. The highest BCUT2D eigenvalue weighted by atomic mass is 79.9. The van der Waals surface area contributed by atoms with Crippen molar-refractivity contribution in [3.8, 4) is 11.8 Å². The van der Waals surface area contributed by atoms with E-state index in [1.54, 1.807) is 0 Å². The Labute approximate surface area is 57.6 Å². The second-order valence-electron chi connectivity index (χ2n) is 1.37. The summed E-state index contributed by atoms with van der Waals surface area (Å²) < 4.78 is 0. The molecule has 0 saturated heterocycles. The number of carbonyl (C=O) groups is 1. The van der Waals surface area contributed by atoms with Crippen LogP contribution in [0.15, 0.2) is 0 Å². The quantitative estimate of drug-likeness (QED) is 0.434. The van der Waals surface area contributed by atoms with Crippen LogP contribution in [0, 0.1) is 11.8 Å². The van der Waals surface area contributed by atoms with Gasteiger partial charge in [0.25, 0.3) is 0 Å². The molecule has 0 aliphatic heterocycles. The van der Waals surface area contributed by atoms with E-state index in [1.807, 2.05) is 0 Å². The van der Waals surface area contributed by atoms with E-state index >= 15 is 0 Å². The van der Waals surface area contributed by atoms with Crippen LogP contribution in [0.4, 0.5) is 0 Å². The summed E-state index contributed by atoms with van der Waals surface area (Å²) >= 11 is 3.11. The van der Waals surface area contributed by atoms with Gasteiger partial charge >= 0.3 is 0 Å². The minimum absolute atomic E-state index is 0.124. The molecule has 0 spiro atoms. The van der Waals surface area contributed by atoms with Gasteiger partial charge in [0.15, 0.2) is 0 Å². The van der Waals surface area contributed by atoms with Gasteiger partial charge in [0.1, 0.15) is 5.78 Å². The maximum atomic E-state index is 10.2. The second-order valence-corrected chi connectivity index (χ2v) is 1.93. The zero-order chi connectivity index (χ0) is 6.41. The molecule has 0 radical (unpaired) electrons. The topological polar surface area (TPSA) is 17.1 Å². The smallest absolute Gasteiger partial charge is 0.141 e. The summed E-state index contributed by atoms with van der Waals surface area (Å²) in [5.41, 5.74) is 0. The van der Waals surface area contributed by atoms with Gasteiger partial charge in [-0.1, -0.05) is 27.8 Å². The van der Waals surface area contributed by atoms with E-state index in [2.05, 4.69) is 27.8 Å². The fraction of sp³-hybridized carbons (Fsp3) is 0.500. The fourth-order valence-corrected chi connectivity index (χ4v) is 0.432. The Hall–Kier alpha value is -0.290. The summed E-state index contributed by atoms with van der Waals surface area (Å²) in [4.78, 5) is 10.2. The molecule has 0 aromatic heterocycles. The average molecular weight is 175 g/mol. The van der Waals surface area contributed by atoms with E-state index in [-0.39, 0.29) is 5.78 Å². The van der Waals surface area contributed by atoms with Crippen molar-refractivity contribution in [1.29, 1.82) is 0 Å². The molecule has 0 saturated carbocycles. The van der Waals surface area contributed by atoms with Gasteiger partial charge in [0.05, 0.1) is 11.8 Å². The molecule has 0 atom stereocenters. The molecule has 0 fully saturated rings. The van der Waals surface area contributed by atoms with Crippen LogP contribution in [0.5, 0.6) is 0 Å². The molecule has 2 heteroatoms. The zero-order valence-electron chi connectivity index (χ0n) is 4.70. The van der Waals surface area contributed by atoms with Gasteiger partial charge in [-0.25, -0.2) is 0 Å². The van der Waals surface area contributed by atoms with Crippen molar-refractivity contribution in [3.63, 3.8) is 0 Å². The Bertz CT molecular complexity index is 129. The van der Waals surface area contributed by atoms with Crippen LogP contribution in [0.3, 0.4) is 0 Å². The van der Waals surface area contributed by atoms with Crippen LogP contribution in [-0.2, 0) is 4.79 Å². The number of alkyl halides is 1. The molecule has 0 heterocycles. The van der Waals surface area contributed by atoms with Crippen molar-refractivity contribution in [1.82, 2.24) is 0 Å². The summed E-state index contributed by atoms with van der Waals surface area (Å²) in [5.74, 6) is 5.54. The fourth-order valence-electron chi connectivity index (χ4n) is 0.234. The highest BCUT2D eigenvalue weighted by Crippen LogP contribution is 1.78. The maximum Gasteiger partial charge on any atom is 0.141 e. The average Bonchev–Trinajstić information content (AvgIpc) is 1.66. The van der Waals surface area contributed by atoms with Gasteiger partial charge in [-0.15, -0.1) is 0 Å². The molecule has 8 heavy (non-hydrogen) atoms. The highest BCUT2D eigenvalue weighted by molar-refractivity contribution is 9.09. The molecular formula is C6H7BrO. The number of halogens is 1. The van der Waals surface area contributed by atoms with E-state index in [9.17, 15) is 4.79 Å². The Morgan fingerprint density at radius 3 is 2.62 bits per heavy atom. The van der Waals surface area contributed by atoms with Crippen LogP contribution in [0.1, 0.15) is 13.3 Å². The molecule has 0 aliphatic rings. The van der Waals surface area contributed by atoms with Gasteiger partial charge in [0.2, 0.25) is 0 Å². The lowest BCUT2D eigenvalue weighted by atomic mass is 10.3. The van der Waals surface area contributed by atoms with Gasteiger partial charge in [-0.05, 0) is 6.92 Å². The van der Waals surface area contributed by atoms with Crippen LogP contribution in [-0.4, -0.2) is 11.1 Å². The first-order chi connectivity index (χ1) is 3.77. The Morgan fingerprint density at radius 1 is 1.62 bits per heavy atom. The number of Topliss-reactive ketones (excluding diaryl/α,β-unsaturated/α-hetero) is 1. The summed E-state index contributed by atoms with van der Waals surface area (Å²) in [7, 11) is 0.